The maximum absolute atomic E-state index is 12.3. The summed E-state index contributed by atoms with van der Waals surface area (Å²) in [5, 5.41) is 5.61. The number of amides is 2. The first-order valence-electron chi connectivity index (χ1n) is 11.0. The van der Waals surface area contributed by atoms with Crippen molar-refractivity contribution >= 4 is 41.0 Å². The van der Waals surface area contributed by atoms with Crippen molar-refractivity contribution in [3.63, 3.8) is 0 Å². The van der Waals surface area contributed by atoms with Crippen LogP contribution >= 0.6 is 0 Å². The summed E-state index contributed by atoms with van der Waals surface area (Å²) in [6, 6.07) is 18.3. The number of furan rings is 1. The zero-order valence-corrected chi connectivity index (χ0v) is 18.3. The van der Waals surface area contributed by atoms with E-state index in [1.165, 1.54) is 12.2 Å². The fourth-order valence-corrected chi connectivity index (χ4v) is 3.69. The Bertz CT molecular complexity index is 1250. The minimum Gasteiger partial charge on any atom is -0.457 e. The second-order valence-electron chi connectivity index (χ2n) is 7.77. The minimum atomic E-state index is -0.355. The smallest absolute Gasteiger partial charge is 0.291 e. The molecule has 0 aliphatic carbocycles. The van der Waals surface area contributed by atoms with Crippen molar-refractivity contribution in [1.82, 2.24) is 0 Å². The first kappa shape index (κ1) is 21.5. The molecule has 1 fully saturated rings. The fraction of sp³-hybridized carbons (Fsp3) is 0.154. The van der Waals surface area contributed by atoms with Crippen LogP contribution in [-0.2, 0) is 14.3 Å². The Hall–Kier alpha value is -4.30. The van der Waals surface area contributed by atoms with Gasteiger partial charge in [-0.2, -0.15) is 0 Å². The molecule has 0 saturated carbocycles. The highest BCUT2D eigenvalue weighted by Crippen LogP contribution is 2.31. The maximum Gasteiger partial charge on any atom is 0.291 e. The van der Waals surface area contributed by atoms with Crippen LogP contribution in [0.5, 0.6) is 5.75 Å². The van der Waals surface area contributed by atoms with Gasteiger partial charge in [0.1, 0.15) is 11.5 Å². The third-order valence-corrected chi connectivity index (χ3v) is 5.41. The second-order valence-corrected chi connectivity index (χ2v) is 7.77. The van der Waals surface area contributed by atoms with Crippen molar-refractivity contribution < 1.29 is 23.5 Å². The summed E-state index contributed by atoms with van der Waals surface area (Å²) >= 11 is 0. The van der Waals surface area contributed by atoms with Crippen molar-refractivity contribution in [3.8, 4) is 5.75 Å². The summed E-state index contributed by atoms with van der Waals surface area (Å²) in [4.78, 5) is 26.8. The lowest BCUT2D eigenvalue weighted by Gasteiger charge is -2.28. The van der Waals surface area contributed by atoms with Crippen molar-refractivity contribution in [2.24, 2.45) is 0 Å². The number of nitrogens with one attached hydrogen (secondary N) is 2. The van der Waals surface area contributed by atoms with Crippen LogP contribution in [0.25, 0.3) is 12.2 Å². The average Bonchev–Trinajstić information content (AvgIpc) is 3.32. The van der Waals surface area contributed by atoms with Gasteiger partial charge in [0.25, 0.3) is 5.91 Å². The summed E-state index contributed by atoms with van der Waals surface area (Å²) in [6.45, 7) is 3.17. The molecule has 0 radical (unpaired) electrons. The first-order valence-corrected chi connectivity index (χ1v) is 11.0. The number of anilines is 3. The summed E-state index contributed by atoms with van der Waals surface area (Å²) in [7, 11) is 0. The van der Waals surface area contributed by atoms with E-state index in [0.717, 1.165) is 32.0 Å². The van der Waals surface area contributed by atoms with Crippen molar-refractivity contribution in [1.29, 1.82) is 0 Å². The predicted molar refractivity (Wildman–Crippen MR) is 130 cm³/mol. The maximum atomic E-state index is 12.3. The van der Waals surface area contributed by atoms with Gasteiger partial charge in [-0.25, -0.2) is 0 Å². The van der Waals surface area contributed by atoms with Crippen LogP contribution in [0.1, 0.15) is 11.5 Å². The van der Waals surface area contributed by atoms with Crippen LogP contribution in [0.3, 0.4) is 0 Å². The topological polar surface area (TPSA) is 93.0 Å². The van der Waals surface area contributed by atoms with Gasteiger partial charge in [-0.15, -0.1) is 0 Å². The van der Waals surface area contributed by atoms with Crippen LogP contribution in [0.4, 0.5) is 17.1 Å². The number of hydrogen-bond acceptors (Lipinski definition) is 6. The molecular weight excluding hydrogens is 434 g/mol. The van der Waals surface area contributed by atoms with E-state index in [2.05, 4.69) is 15.5 Å². The molecule has 8 nitrogen and oxygen atoms in total. The van der Waals surface area contributed by atoms with E-state index in [1.807, 2.05) is 36.4 Å². The monoisotopic (exact) mass is 457 g/mol. The van der Waals surface area contributed by atoms with E-state index in [0.29, 0.717) is 28.6 Å². The fourth-order valence-electron chi connectivity index (χ4n) is 3.69. The van der Waals surface area contributed by atoms with Crippen molar-refractivity contribution in [2.75, 3.05) is 41.8 Å². The molecule has 0 unspecified atom stereocenters. The number of para-hydroxylation sites is 2. The summed E-state index contributed by atoms with van der Waals surface area (Å²) in [5.41, 5.74) is 2.43. The third kappa shape index (κ3) is 5.02. The van der Waals surface area contributed by atoms with Gasteiger partial charge in [0, 0.05) is 36.6 Å². The van der Waals surface area contributed by atoms with Gasteiger partial charge in [-0.05, 0) is 54.6 Å². The van der Waals surface area contributed by atoms with Gasteiger partial charge in [-0.1, -0.05) is 12.1 Å². The Morgan fingerprint density at radius 1 is 0.971 bits per heavy atom. The lowest BCUT2D eigenvalue weighted by atomic mass is 10.2. The standard InChI is InChI=1S/C26H23N3O5/c30-25(27-18-5-7-19(8-6-18)29-13-15-32-16-14-29)12-11-20-9-10-21(33-20)17-24-26(31)28-22-3-1-2-4-23(22)34-24/h1-12,17H,13-16H2,(H,27,30)(H,28,31)/b12-11+,24-17-. The minimum absolute atomic E-state index is 0.127. The number of morpholine rings is 1. The van der Waals surface area contributed by atoms with Crippen LogP contribution in [-0.4, -0.2) is 38.1 Å². The summed E-state index contributed by atoms with van der Waals surface area (Å²) < 4.78 is 16.7. The van der Waals surface area contributed by atoms with Gasteiger partial charge in [-0.3, -0.25) is 9.59 Å². The summed E-state index contributed by atoms with van der Waals surface area (Å²) in [6.07, 6.45) is 4.47. The highest BCUT2D eigenvalue weighted by Gasteiger charge is 2.22. The van der Waals surface area contributed by atoms with Gasteiger partial charge >= 0.3 is 0 Å². The molecule has 3 heterocycles. The lowest BCUT2D eigenvalue weighted by Crippen LogP contribution is -2.36. The number of ether oxygens (including phenoxy) is 2. The quantitative estimate of drug-likeness (QED) is 0.560. The number of hydrogen-bond donors (Lipinski definition) is 2. The SMILES string of the molecule is O=C(/C=C/c1ccc(/C=C2\Oc3ccccc3NC2=O)o1)Nc1ccc(N2CCOCC2)cc1. The van der Waals surface area contributed by atoms with E-state index in [4.69, 9.17) is 13.9 Å². The van der Waals surface area contributed by atoms with E-state index in [-0.39, 0.29) is 17.6 Å². The molecule has 8 heteroatoms. The molecule has 1 aromatic heterocycles. The van der Waals surface area contributed by atoms with Gasteiger partial charge in [0.2, 0.25) is 5.91 Å². The Balaban J connectivity index is 1.19. The van der Waals surface area contributed by atoms with E-state index < -0.39 is 0 Å². The second kappa shape index (κ2) is 9.68. The number of carbonyl (C=O) groups is 2. The molecular formula is C26H23N3O5. The van der Waals surface area contributed by atoms with E-state index >= 15 is 0 Å². The molecule has 172 valence electrons. The predicted octanol–water partition coefficient (Wildman–Crippen LogP) is 4.14. The highest BCUT2D eigenvalue weighted by molar-refractivity contribution is 6.08. The lowest BCUT2D eigenvalue weighted by molar-refractivity contribution is -0.115. The molecule has 34 heavy (non-hydrogen) atoms. The Morgan fingerprint density at radius 3 is 2.56 bits per heavy atom. The van der Waals surface area contributed by atoms with Crippen LogP contribution in [0.2, 0.25) is 0 Å². The molecule has 0 bridgehead atoms. The van der Waals surface area contributed by atoms with E-state index in [1.54, 1.807) is 30.3 Å². The molecule has 2 aromatic carbocycles. The van der Waals surface area contributed by atoms with Crippen LogP contribution in [0, 0.1) is 0 Å². The average molecular weight is 457 g/mol. The zero-order chi connectivity index (χ0) is 23.3. The molecule has 3 aromatic rings. The Morgan fingerprint density at radius 2 is 1.74 bits per heavy atom. The molecule has 0 spiro atoms. The first-order chi connectivity index (χ1) is 16.6. The van der Waals surface area contributed by atoms with Crippen molar-refractivity contribution in [2.45, 2.75) is 0 Å². The highest BCUT2D eigenvalue weighted by atomic mass is 16.5. The number of benzene rings is 2. The van der Waals surface area contributed by atoms with E-state index in [9.17, 15) is 9.59 Å². The largest absolute Gasteiger partial charge is 0.457 e. The molecule has 2 N–H and O–H groups in total. The van der Waals surface area contributed by atoms with Gasteiger partial charge in [0.15, 0.2) is 11.5 Å². The van der Waals surface area contributed by atoms with Crippen LogP contribution in [0.15, 0.2) is 76.9 Å². The number of carbonyl (C=O) groups excluding carboxylic acids is 2. The molecule has 5 rings (SSSR count). The number of fused-ring (bicyclic) bond motifs is 1. The molecule has 2 amide bonds. The van der Waals surface area contributed by atoms with Gasteiger partial charge < -0.3 is 29.4 Å². The molecule has 2 aliphatic rings. The Labute approximate surface area is 196 Å². The third-order valence-electron chi connectivity index (χ3n) is 5.41. The normalized spacial score (nSPS) is 16.8. The molecule has 0 atom stereocenters. The number of nitrogens with zero attached hydrogens (tertiary/aromatic N) is 1. The van der Waals surface area contributed by atoms with Crippen molar-refractivity contribution in [3.05, 3.63) is 84.0 Å². The van der Waals surface area contributed by atoms with Crippen LogP contribution < -0.4 is 20.3 Å². The Kier molecular flexibility index (Phi) is 6.13. The molecule has 2 aliphatic heterocycles. The number of rotatable bonds is 5. The van der Waals surface area contributed by atoms with Gasteiger partial charge in [0.05, 0.1) is 18.9 Å². The summed E-state index contributed by atoms with van der Waals surface area (Å²) in [5.74, 6) is 0.967. The zero-order valence-electron chi connectivity index (χ0n) is 18.3. The molecule has 1 saturated heterocycles.